The fourth-order valence-corrected chi connectivity index (χ4v) is 3.75. The van der Waals surface area contributed by atoms with Gasteiger partial charge in [0.1, 0.15) is 30.8 Å². The van der Waals surface area contributed by atoms with Crippen LogP contribution < -0.4 is 20.7 Å². The lowest BCUT2D eigenvalue weighted by Gasteiger charge is -2.18. The molecule has 1 amide bonds. The van der Waals surface area contributed by atoms with Crippen LogP contribution in [0.15, 0.2) is 30.3 Å². The Balaban J connectivity index is 1.67. The zero-order chi connectivity index (χ0) is 22.7. The minimum atomic E-state index is -0.682. The first-order valence-corrected chi connectivity index (χ1v) is 9.99. The molecule has 0 aliphatic carbocycles. The van der Waals surface area contributed by atoms with E-state index in [-0.39, 0.29) is 31.6 Å². The zero-order valence-electron chi connectivity index (χ0n) is 17.4. The lowest BCUT2D eigenvalue weighted by atomic mass is 10.1. The van der Waals surface area contributed by atoms with Crippen LogP contribution in [0.1, 0.15) is 6.42 Å². The molecule has 2 atom stereocenters. The molecule has 0 saturated carbocycles. The highest BCUT2D eigenvalue weighted by molar-refractivity contribution is 5.83. The van der Waals surface area contributed by atoms with Gasteiger partial charge >= 0.3 is 0 Å². The molecule has 32 heavy (non-hydrogen) atoms. The minimum absolute atomic E-state index is 0.0187. The van der Waals surface area contributed by atoms with Crippen molar-refractivity contribution in [1.82, 2.24) is 9.55 Å². The molecule has 11 heteroatoms. The number of nitrogens with zero attached hydrogens (tertiary/aromatic N) is 4. The van der Waals surface area contributed by atoms with Crippen LogP contribution in [0.3, 0.4) is 0 Å². The van der Waals surface area contributed by atoms with Crippen molar-refractivity contribution < 1.29 is 23.8 Å². The first kappa shape index (κ1) is 21.2. The number of hydrogen-bond donors (Lipinski definition) is 2. The molecule has 1 aromatic heterocycles. The highest BCUT2D eigenvalue weighted by atomic mass is 16.5. The summed E-state index contributed by atoms with van der Waals surface area (Å²) in [5.74, 6) is 3.02. The van der Waals surface area contributed by atoms with Crippen LogP contribution >= 0.6 is 0 Å². The summed E-state index contributed by atoms with van der Waals surface area (Å²) in [6.07, 6.45) is 1.99. The van der Waals surface area contributed by atoms with Crippen molar-refractivity contribution in [2.45, 2.75) is 25.0 Å². The summed E-state index contributed by atoms with van der Waals surface area (Å²) in [6.45, 7) is 1.28. The maximum Gasteiger partial charge on any atom is 0.284 e. The van der Waals surface area contributed by atoms with Gasteiger partial charge in [0.05, 0.1) is 37.2 Å². The minimum Gasteiger partial charge on any atom is -0.491 e. The smallest absolute Gasteiger partial charge is 0.284 e. The number of carbonyl (C=O) groups excluding carboxylic acids is 2. The van der Waals surface area contributed by atoms with Gasteiger partial charge < -0.3 is 29.8 Å². The van der Waals surface area contributed by atoms with Crippen molar-refractivity contribution >= 4 is 23.4 Å². The molecule has 3 N–H and O–H groups in total. The SMILES string of the molecule is COCC(Nc1ccc2c(c1)OCCn1cc(N3C(=C=O)OC[C@H]3CC#N)nc1-2)C(N)=O. The predicted molar refractivity (Wildman–Crippen MR) is 113 cm³/mol. The molecule has 11 nitrogen and oxygen atoms in total. The number of ether oxygens (including phenoxy) is 3. The highest BCUT2D eigenvalue weighted by Gasteiger charge is 2.35. The number of fused-ring (bicyclic) bond motifs is 3. The second kappa shape index (κ2) is 9.01. The Morgan fingerprint density at radius 3 is 3.03 bits per heavy atom. The molecule has 4 rings (SSSR count). The molecule has 0 bridgehead atoms. The van der Waals surface area contributed by atoms with E-state index < -0.39 is 11.9 Å². The summed E-state index contributed by atoms with van der Waals surface area (Å²) in [5, 5.41) is 12.2. The standard InChI is InChI=1S/C21H22N6O5/c1-30-12-16(20(23)29)24-13-2-3-15-17(8-13)31-7-6-26-9-18(25-21(15)26)27-14(4-5-22)11-32-19(27)10-28/h2-3,8-9,14,16,24H,4,6-7,11-12H2,1H3,(H2,23,29)/t14-,16?/m1/s1. The number of methoxy groups -OCH3 is 1. The van der Waals surface area contributed by atoms with Gasteiger partial charge in [0.2, 0.25) is 5.91 Å². The van der Waals surface area contributed by atoms with Crippen molar-refractivity contribution in [2.75, 3.05) is 37.1 Å². The summed E-state index contributed by atoms with van der Waals surface area (Å²) >= 11 is 0. The lowest BCUT2D eigenvalue weighted by molar-refractivity contribution is -0.119. The summed E-state index contributed by atoms with van der Waals surface area (Å²) in [4.78, 5) is 29.3. The van der Waals surface area contributed by atoms with Crippen LogP contribution in [0.5, 0.6) is 5.75 Å². The van der Waals surface area contributed by atoms with E-state index in [1.165, 1.54) is 7.11 Å². The summed E-state index contributed by atoms with van der Waals surface area (Å²) in [6, 6.07) is 6.52. The number of nitrogens with two attached hydrogens (primary N) is 1. The van der Waals surface area contributed by atoms with Crippen LogP contribution in [-0.4, -0.2) is 60.4 Å². The van der Waals surface area contributed by atoms with Crippen LogP contribution in [0, 0.1) is 11.3 Å². The van der Waals surface area contributed by atoms with E-state index in [0.717, 1.165) is 5.56 Å². The molecule has 1 fully saturated rings. The Morgan fingerprint density at radius 1 is 1.47 bits per heavy atom. The molecular weight excluding hydrogens is 416 g/mol. The van der Waals surface area contributed by atoms with Crippen LogP contribution in [0.2, 0.25) is 0 Å². The quantitative estimate of drug-likeness (QED) is 0.595. The van der Waals surface area contributed by atoms with Crippen molar-refractivity contribution in [3.05, 3.63) is 30.3 Å². The third-order valence-corrected chi connectivity index (χ3v) is 5.25. The van der Waals surface area contributed by atoms with Gasteiger partial charge in [-0.2, -0.15) is 5.26 Å². The molecule has 1 saturated heterocycles. The molecular formula is C21H22N6O5. The fraction of sp³-hybridized carbons (Fsp3) is 0.381. The second-order valence-corrected chi connectivity index (χ2v) is 7.33. The molecule has 2 aromatic rings. The van der Waals surface area contributed by atoms with Gasteiger partial charge in [-0.1, -0.05) is 0 Å². The lowest BCUT2D eigenvalue weighted by Crippen LogP contribution is -2.38. The number of rotatable bonds is 7. The third-order valence-electron chi connectivity index (χ3n) is 5.25. The highest BCUT2D eigenvalue weighted by Crippen LogP contribution is 2.37. The number of nitriles is 1. The fourth-order valence-electron chi connectivity index (χ4n) is 3.75. The van der Waals surface area contributed by atoms with E-state index in [2.05, 4.69) is 11.4 Å². The number of hydrogen-bond acceptors (Lipinski definition) is 9. The summed E-state index contributed by atoms with van der Waals surface area (Å²) < 4.78 is 18.3. The van der Waals surface area contributed by atoms with Crippen molar-refractivity contribution in [1.29, 1.82) is 5.26 Å². The summed E-state index contributed by atoms with van der Waals surface area (Å²) in [7, 11) is 1.49. The van der Waals surface area contributed by atoms with E-state index in [4.69, 9.17) is 30.2 Å². The molecule has 1 unspecified atom stereocenters. The number of primary amides is 1. The summed E-state index contributed by atoms with van der Waals surface area (Å²) in [5.41, 5.74) is 6.82. The Kier molecular flexibility index (Phi) is 5.98. The largest absolute Gasteiger partial charge is 0.491 e. The van der Waals surface area contributed by atoms with E-state index in [9.17, 15) is 9.59 Å². The van der Waals surface area contributed by atoms with Crippen LogP contribution in [-0.2, 0) is 25.6 Å². The number of anilines is 2. The number of benzene rings is 1. The van der Waals surface area contributed by atoms with Crippen LogP contribution in [0.4, 0.5) is 11.5 Å². The van der Waals surface area contributed by atoms with Crippen molar-refractivity contribution in [2.24, 2.45) is 5.73 Å². The Morgan fingerprint density at radius 2 is 2.31 bits per heavy atom. The van der Waals surface area contributed by atoms with Gasteiger partial charge in [0.25, 0.3) is 5.88 Å². The molecule has 166 valence electrons. The molecule has 0 spiro atoms. The number of aromatic nitrogens is 2. The van der Waals surface area contributed by atoms with Gasteiger partial charge in [-0.3, -0.25) is 9.69 Å². The van der Waals surface area contributed by atoms with E-state index in [0.29, 0.717) is 36.2 Å². The van der Waals surface area contributed by atoms with E-state index in [1.54, 1.807) is 29.2 Å². The van der Waals surface area contributed by atoms with Gasteiger partial charge in [0, 0.05) is 25.1 Å². The Bertz CT molecular complexity index is 1120. The first-order chi connectivity index (χ1) is 15.5. The number of imidazole rings is 1. The predicted octanol–water partition coefficient (Wildman–Crippen LogP) is 0.647. The maximum absolute atomic E-state index is 11.6. The molecule has 0 radical (unpaired) electrons. The monoisotopic (exact) mass is 438 g/mol. The van der Waals surface area contributed by atoms with Crippen molar-refractivity contribution in [3.8, 4) is 23.2 Å². The Hall–Kier alpha value is -4.00. The number of carbonyl (C=O) groups is 1. The number of nitrogens with one attached hydrogen (secondary N) is 1. The molecule has 2 aliphatic rings. The topological polar surface area (TPSA) is 145 Å². The van der Waals surface area contributed by atoms with Crippen LogP contribution in [0.25, 0.3) is 11.4 Å². The maximum atomic E-state index is 11.6. The van der Waals surface area contributed by atoms with E-state index in [1.807, 2.05) is 10.6 Å². The Labute approximate surface area is 184 Å². The molecule has 1 aromatic carbocycles. The second-order valence-electron chi connectivity index (χ2n) is 7.33. The zero-order valence-corrected chi connectivity index (χ0v) is 17.4. The van der Waals surface area contributed by atoms with Gasteiger partial charge in [-0.05, 0) is 12.1 Å². The van der Waals surface area contributed by atoms with Gasteiger partial charge in [-0.15, -0.1) is 0 Å². The first-order valence-electron chi connectivity index (χ1n) is 9.99. The van der Waals surface area contributed by atoms with E-state index >= 15 is 0 Å². The molecule has 2 aliphatic heterocycles. The average molecular weight is 438 g/mol. The number of amides is 1. The average Bonchev–Trinajstić information content (AvgIpc) is 3.33. The third kappa shape index (κ3) is 3.97. The van der Waals surface area contributed by atoms with Crippen molar-refractivity contribution in [3.63, 3.8) is 0 Å². The normalized spacial score (nSPS) is 17.7. The molecule has 3 heterocycles. The van der Waals surface area contributed by atoms with Gasteiger partial charge in [0.15, 0.2) is 11.8 Å². The van der Waals surface area contributed by atoms with Gasteiger partial charge in [-0.25, -0.2) is 9.78 Å².